The van der Waals surface area contributed by atoms with E-state index in [9.17, 15) is 13.2 Å². The fourth-order valence-corrected chi connectivity index (χ4v) is 8.44. The summed E-state index contributed by atoms with van der Waals surface area (Å²) in [7, 11) is -3.63. The van der Waals surface area contributed by atoms with Crippen molar-refractivity contribution >= 4 is 66.6 Å². The Morgan fingerprint density at radius 3 is 2.52 bits per heavy atom. The minimum absolute atomic E-state index is 0.0193. The number of benzene rings is 2. The van der Waals surface area contributed by atoms with Gasteiger partial charge in [0.2, 0.25) is 0 Å². The lowest BCUT2D eigenvalue weighted by atomic mass is 10.0. The molecule has 10 heteroatoms. The minimum atomic E-state index is -3.63. The molecule has 0 N–H and O–H groups in total. The quantitative estimate of drug-likeness (QED) is 0.437. The minimum Gasteiger partial charge on any atom is -0.346 e. The first-order chi connectivity index (χ1) is 15.8. The zero-order valence-electron chi connectivity index (χ0n) is 17.8. The van der Waals surface area contributed by atoms with Crippen molar-refractivity contribution in [3.63, 3.8) is 0 Å². The maximum Gasteiger partial charge on any atom is 0.252 e. The average Bonchev–Trinajstić information content (AvgIpc) is 3.14. The number of aldehydes is 1. The molecule has 0 spiro atoms. The maximum atomic E-state index is 13.5. The number of carbonyl (C=O) groups excluding carboxylic acids is 1. The van der Waals surface area contributed by atoms with Crippen LogP contribution < -0.4 is 4.90 Å². The topological polar surface area (TPSA) is 66.9 Å². The van der Waals surface area contributed by atoms with Crippen LogP contribution in [0.2, 0.25) is 10.0 Å². The Labute approximate surface area is 206 Å². The summed E-state index contributed by atoms with van der Waals surface area (Å²) in [6, 6.07) is 11.0. The number of aryl methyl sites for hydroxylation is 1. The molecule has 6 nitrogen and oxygen atoms in total. The smallest absolute Gasteiger partial charge is 0.252 e. The number of piperidine rings is 1. The molecule has 1 saturated heterocycles. The fraction of sp³-hybridized carbons (Fsp3) is 0.348. The Kier molecular flexibility index (Phi) is 6.18. The van der Waals surface area contributed by atoms with Gasteiger partial charge in [0.15, 0.2) is 12.5 Å². The first-order valence-electron chi connectivity index (χ1n) is 10.6. The van der Waals surface area contributed by atoms with E-state index < -0.39 is 16.3 Å². The molecule has 1 aromatic heterocycles. The second-order valence-corrected chi connectivity index (χ2v) is 12.4. The lowest BCUT2D eigenvalue weighted by Crippen LogP contribution is -2.53. The average molecular weight is 525 g/mol. The molecule has 0 aliphatic carbocycles. The van der Waals surface area contributed by atoms with Crippen LogP contribution in [0.15, 0.2) is 40.6 Å². The SMILES string of the molecule is Cc1c(S(=O)(=O)N2CCC(N3c4ccc(Cl)cc4COC3C=O)CC2)sc2ccc(Cl)cc12. The van der Waals surface area contributed by atoms with Gasteiger partial charge >= 0.3 is 0 Å². The first-order valence-corrected chi connectivity index (χ1v) is 13.6. The molecule has 0 saturated carbocycles. The number of halogens is 2. The zero-order valence-corrected chi connectivity index (χ0v) is 21.0. The van der Waals surface area contributed by atoms with Crippen LogP contribution in [0.25, 0.3) is 10.1 Å². The van der Waals surface area contributed by atoms with Gasteiger partial charge in [-0.05, 0) is 67.1 Å². The van der Waals surface area contributed by atoms with Crippen LogP contribution in [-0.2, 0) is 26.2 Å². The molecule has 0 bridgehead atoms. The molecule has 174 valence electrons. The summed E-state index contributed by atoms with van der Waals surface area (Å²) in [6.07, 6.45) is 1.28. The molecule has 33 heavy (non-hydrogen) atoms. The number of anilines is 1. The summed E-state index contributed by atoms with van der Waals surface area (Å²) in [6.45, 7) is 2.88. The lowest BCUT2D eigenvalue weighted by Gasteiger charge is -2.44. The third-order valence-corrected chi connectivity index (χ3v) is 10.6. The number of hydrogen-bond acceptors (Lipinski definition) is 6. The highest BCUT2D eigenvalue weighted by atomic mass is 35.5. The highest BCUT2D eigenvalue weighted by Gasteiger charge is 2.38. The van der Waals surface area contributed by atoms with Crippen molar-refractivity contribution in [1.82, 2.24) is 4.31 Å². The Morgan fingerprint density at radius 1 is 1.09 bits per heavy atom. The fourth-order valence-electron chi connectivity index (χ4n) is 4.72. The van der Waals surface area contributed by atoms with Crippen molar-refractivity contribution in [2.24, 2.45) is 0 Å². The summed E-state index contributed by atoms with van der Waals surface area (Å²) in [5.41, 5.74) is 2.58. The lowest BCUT2D eigenvalue weighted by molar-refractivity contribution is -0.120. The molecule has 0 radical (unpaired) electrons. The van der Waals surface area contributed by atoms with Crippen LogP contribution in [0.4, 0.5) is 5.69 Å². The third kappa shape index (κ3) is 4.07. The zero-order chi connectivity index (χ0) is 23.3. The number of nitrogens with zero attached hydrogens (tertiary/aromatic N) is 2. The van der Waals surface area contributed by atoms with Gasteiger partial charge in [-0.3, -0.25) is 4.79 Å². The van der Waals surface area contributed by atoms with Crippen molar-refractivity contribution in [3.8, 4) is 0 Å². The van der Waals surface area contributed by atoms with Gasteiger partial charge in [-0.1, -0.05) is 23.2 Å². The van der Waals surface area contributed by atoms with Gasteiger partial charge in [0, 0.05) is 45.1 Å². The Balaban J connectivity index is 1.39. The van der Waals surface area contributed by atoms with Gasteiger partial charge in [0.25, 0.3) is 10.0 Å². The van der Waals surface area contributed by atoms with Crippen molar-refractivity contribution in [2.75, 3.05) is 18.0 Å². The van der Waals surface area contributed by atoms with Gasteiger partial charge < -0.3 is 9.64 Å². The van der Waals surface area contributed by atoms with Crippen molar-refractivity contribution in [1.29, 1.82) is 0 Å². The molecular weight excluding hydrogens is 503 g/mol. The van der Waals surface area contributed by atoms with Crippen LogP contribution in [0.5, 0.6) is 0 Å². The van der Waals surface area contributed by atoms with Crippen LogP contribution in [0.3, 0.4) is 0 Å². The van der Waals surface area contributed by atoms with E-state index in [1.54, 1.807) is 16.4 Å². The van der Waals surface area contributed by atoms with Crippen LogP contribution in [0, 0.1) is 6.92 Å². The maximum absolute atomic E-state index is 13.5. The molecule has 5 rings (SSSR count). The Hall–Kier alpha value is -1.68. The number of fused-ring (bicyclic) bond motifs is 2. The molecule has 1 unspecified atom stereocenters. The van der Waals surface area contributed by atoms with E-state index in [2.05, 4.69) is 0 Å². The van der Waals surface area contributed by atoms with Gasteiger partial charge in [-0.15, -0.1) is 11.3 Å². The number of thiophene rings is 1. The van der Waals surface area contributed by atoms with E-state index >= 15 is 0 Å². The van der Waals surface area contributed by atoms with Gasteiger partial charge in [0.1, 0.15) is 4.21 Å². The Bertz CT molecular complexity index is 1330. The second kappa shape index (κ2) is 8.83. The van der Waals surface area contributed by atoms with Gasteiger partial charge in [-0.2, -0.15) is 4.31 Å². The van der Waals surface area contributed by atoms with Crippen molar-refractivity contribution in [2.45, 2.75) is 42.9 Å². The summed E-state index contributed by atoms with van der Waals surface area (Å²) < 4.78 is 35.6. The number of hydrogen-bond donors (Lipinski definition) is 0. The molecule has 1 atom stereocenters. The van der Waals surface area contributed by atoms with E-state index in [0.717, 1.165) is 33.2 Å². The van der Waals surface area contributed by atoms with Crippen molar-refractivity contribution in [3.05, 3.63) is 57.6 Å². The monoisotopic (exact) mass is 524 g/mol. The highest BCUT2D eigenvalue weighted by molar-refractivity contribution is 7.91. The van der Waals surface area contributed by atoms with Gasteiger partial charge in [0.05, 0.1) is 6.61 Å². The first kappa shape index (κ1) is 23.1. The summed E-state index contributed by atoms with van der Waals surface area (Å²) in [5.74, 6) is 0. The van der Waals surface area contributed by atoms with Gasteiger partial charge in [-0.25, -0.2) is 8.42 Å². The van der Waals surface area contributed by atoms with E-state index in [0.29, 0.717) is 46.8 Å². The van der Waals surface area contributed by atoms with E-state index in [4.69, 9.17) is 27.9 Å². The summed E-state index contributed by atoms with van der Waals surface area (Å²) in [5, 5.41) is 2.07. The van der Waals surface area contributed by atoms with Crippen LogP contribution in [-0.4, -0.2) is 44.4 Å². The third-order valence-electron chi connectivity index (χ3n) is 6.37. The number of ether oxygens (including phenoxy) is 1. The molecule has 0 amide bonds. The van der Waals surface area contributed by atoms with E-state index in [1.165, 1.54) is 11.3 Å². The molecule has 2 aliphatic heterocycles. The largest absolute Gasteiger partial charge is 0.346 e. The molecule has 2 aromatic carbocycles. The Morgan fingerprint density at radius 2 is 1.79 bits per heavy atom. The number of carbonyl (C=O) groups is 1. The highest BCUT2D eigenvalue weighted by Crippen LogP contribution is 2.39. The van der Waals surface area contributed by atoms with E-state index in [-0.39, 0.29) is 6.04 Å². The predicted octanol–water partition coefficient (Wildman–Crippen LogP) is 5.23. The molecular formula is C23H22Cl2N2O4S2. The van der Waals surface area contributed by atoms with Crippen molar-refractivity contribution < 1.29 is 17.9 Å². The molecule has 3 heterocycles. The predicted molar refractivity (Wildman–Crippen MR) is 132 cm³/mol. The standard InChI is InChI=1S/C23H22Cl2N2O4S2/c1-14-19-11-17(25)3-5-21(19)32-23(14)33(29,30)26-8-6-18(7-9-26)27-20-4-2-16(24)10-15(20)13-31-22(27)12-28/h2-5,10-12,18,22H,6-9,13H2,1H3. The molecule has 2 aliphatic rings. The normalized spacial score (nSPS) is 20.2. The number of rotatable bonds is 4. The molecule has 3 aromatic rings. The van der Waals surface area contributed by atoms with E-state index in [1.807, 2.05) is 36.1 Å². The number of sulfonamides is 1. The van der Waals surface area contributed by atoms with Crippen LogP contribution in [0.1, 0.15) is 24.0 Å². The summed E-state index contributed by atoms with van der Waals surface area (Å²) in [4.78, 5) is 13.7. The molecule has 1 fully saturated rings. The van der Waals surface area contributed by atoms with Crippen LogP contribution >= 0.6 is 34.5 Å². The summed E-state index contributed by atoms with van der Waals surface area (Å²) >= 11 is 13.5. The second-order valence-electron chi connectivity index (χ2n) is 8.31.